The number of thiazole rings is 1. The first-order valence-corrected chi connectivity index (χ1v) is 7.19. The molecule has 0 fully saturated rings. The first kappa shape index (κ1) is 12.4. The van der Waals surface area contributed by atoms with E-state index >= 15 is 0 Å². The number of fused-ring (bicyclic) bond motifs is 1. The summed E-state index contributed by atoms with van der Waals surface area (Å²) in [6, 6.07) is 0. The Morgan fingerprint density at radius 2 is 2.11 bits per heavy atom. The number of aromatic nitrogens is 4. The number of hydrogen-bond donors (Lipinski definition) is 1. The van der Waals surface area contributed by atoms with Gasteiger partial charge in [0.1, 0.15) is 0 Å². The molecule has 0 amide bonds. The summed E-state index contributed by atoms with van der Waals surface area (Å²) in [6.07, 6.45) is 2.84. The minimum absolute atomic E-state index is 0.606. The lowest BCUT2D eigenvalue weighted by molar-refractivity contribution is 0.786. The van der Waals surface area contributed by atoms with Gasteiger partial charge in [-0.05, 0) is 32.9 Å². The highest BCUT2D eigenvalue weighted by Gasteiger charge is 2.18. The first-order chi connectivity index (χ1) is 9.13. The molecule has 0 radical (unpaired) electrons. The number of hydrogen-bond acceptors (Lipinski definition) is 4. The Balaban J connectivity index is 2.26. The van der Waals surface area contributed by atoms with E-state index in [9.17, 15) is 0 Å². The summed E-state index contributed by atoms with van der Waals surface area (Å²) in [5.41, 5.74) is 10.3. The van der Waals surface area contributed by atoms with E-state index in [4.69, 9.17) is 10.7 Å². The molecule has 0 aliphatic rings. The molecule has 3 aromatic rings. The Labute approximate surface area is 115 Å². The van der Waals surface area contributed by atoms with Gasteiger partial charge in [-0.25, -0.2) is 4.68 Å². The van der Waals surface area contributed by atoms with E-state index in [0.717, 1.165) is 34.3 Å². The molecule has 0 aromatic carbocycles. The van der Waals surface area contributed by atoms with E-state index in [2.05, 4.69) is 23.3 Å². The second-order valence-electron chi connectivity index (χ2n) is 4.68. The van der Waals surface area contributed by atoms with Crippen molar-refractivity contribution in [3.63, 3.8) is 0 Å². The quantitative estimate of drug-likeness (QED) is 0.795. The Bertz CT molecular complexity index is 734. The van der Waals surface area contributed by atoms with Crippen LogP contribution in [0.5, 0.6) is 0 Å². The number of nitrogens with two attached hydrogens (primary N) is 1. The third kappa shape index (κ3) is 1.79. The Morgan fingerprint density at radius 3 is 2.74 bits per heavy atom. The van der Waals surface area contributed by atoms with Crippen molar-refractivity contribution in [1.29, 1.82) is 0 Å². The molecule has 3 aromatic heterocycles. The molecule has 2 N–H and O–H groups in total. The highest BCUT2D eigenvalue weighted by Crippen LogP contribution is 2.23. The molecule has 0 saturated carbocycles. The average molecular weight is 275 g/mol. The first-order valence-electron chi connectivity index (χ1n) is 6.31. The van der Waals surface area contributed by atoms with E-state index in [1.807, 2.05) is 23.2 Å². The zero-order valence-corrected chi connectivity index (χ0v) is 12.2. The van der Waals surface area contributed by atoms with Crippen molar-refractivity contribution in [3.8, 4) is 5.82 Å². The van der Waals surface area contributed by atoms with Crippen molar-refractivity contribution in [2.45, 2.75) is 27.2 Å². The van der Waals surface area contributed by atoms with Crippen LogP contribution in [-0.2, 0) is 6.42 Å². The van der Waals surface area contributed by atoms with E-state index in [0.29, 0.717) is 6.54 Å². The van der Waals surface area contributed by atoms with Gasteiger partial charge in [0.2, 0.25) is 0 Å². The zero-order chi connectivity index (χ0) is 13.6. The van der Waals surface area contributed by atoms with Gasteiger partial charge in [0.25, 0.3) is 0 Å². The number of rotatable bonds is 3. The second-order valence-corrected chi connectivity index (χ2v) is 5.56. The lowest BCUT2D eigenvalue weighted by Gasteiger charge is -2.05. The van der Waals surface area contributed by atoms with Crippen LogP contribution in [0.15, 0.2) is 11.6 Å². The third-order valence-electron chi connectivity index (χ3n) is 3.57. The number of aryl methyl sites for hydroxylation is 1. The van der Waals surface area contributed by atoms with Gasteiger partial charge in [0, 0.05) is 23.7 Å². The van der Waals surface area contributed by atoms with Crippen molar-refractivity contribution in [2.24, 2.45) is 5.73 Å². The summed E-state index contributed by atoms with van der Waals surface area (Å²) in [5.74, 6) is 0.908. The largest absolute Gasteiger partial charge is 0.330 e. The normalized spacial score (nSPS) is 11.6. The van der Waals surface area contributed by atoms with Crippen molar-refractivity contribution in [2.75, 3.05) is 6.54 Å². The van der Waals surface area contributed by atoms with Crippen LogP contribution >= 0.6 is 11.3 Å². The third-order valence-corrected chi connectivity index (χ3v) is 4.33. The highest BCUT2D eigenvalue weighted by molar-refractivity contribution is 7.15. The van der Waals surface area contributed by atoms with Gasteiger partial charge in [-0.1, -0.05) is 0 Å². The fraction of sp³-hybridized carbons (Fsp3) is 0.385. The van der Waals surface area contributed by atoms with Crippen LogP contribution in [0.4, 0.5) is 0 Å². The van der Waals surface area contributed by atoms with Gasteiger partial charge >= 0.3 is 0 Å². The van der Waals surface area contributed by atoms with Gasteiger partial charge < -0.3 is 5.73 Å². The molecule has 0 atom stereocenters. The molecule has 0 aliphatic carbocycles. The lowest BCUT2D eigenvalue weighted by Crippen LogP contribution is -2.10. The summed E-state index contributed by atoms with van der Waals surface area (Å²) in [4.78, 5) is 5.69. The maximum atomic E-state index is 5.73. The zero-order valence-electron chi connectivity index (χ0n) is 11.3. The van der Waals surface area contributed by atoms with Crippen LogP contribution < -0.4 is 5.73 Å². The molecule has 19 heavy (non-hydrogen) atoms. The Hall–Kier alpha value is -1.66. The van der Waals surface area contributed by atoms with Crippen molar-refractivity contribution >= 4 is 16.3 Å². The highest BCUT2D eigenvalue weighted by atomic mass is 32.1. The molecule has 5 nitrogen and oxygen atoms in total. The van der Waals surface area contributed by atoms with Crippen LogP contribution in [-0.4, -0.2) is 25.7 Å². The van der Waals surface area contributed by atoms with Crippen molar-refractivity contribution < 1.29 is 0 Å². The second kappa shape index (κ2) is 4.47. The van der Waals surface area contributed by atoms with Crippen molar-refractivity contribution in [1.82, 2.24) is 19.2 Å². The molecule has 0 spiro atoms. The summed E-state index contributed by atoms with van der Waals surface area (Å²) >= 11 is 1.63. The predicted octanol–water partition coefficient (Wildman–Crippen LogP) is 2.01. The van der Waals surface area contributed by atoms with Gasteiger partial charge in [-0.15, -0.1) is 11.3 Å². The summed E-state index contributed by atoms with van der Waals surface area (Å²) in [6.45, 7) is 6.80. The van der Waals surface area contributed by atoms with E-state index in [1.54, 1.807) is 11.3 Å². The SMILES string of the molecule is Cc1nn(-c2nc3sccn3c2CCN)c(C)c1C. The number of nitrogens with zero attached hydrogens (tertiary/aromatic N) is 4. The fourth-order valence-electron chi connectivity index (χ4n) is 2.29. The van der Waals surface area contributed by atoms with Crippen LogP contribution in [0.1, 0.15) is 22.6 Å². The standard InChI is InChI=1S/C13H17N5S/c1-8-9(2)16-18(10(8)3)12-11(4-5-14)17-6-7-19-13(17)15-12/h6-7H,4-5,14H2,1-3H3. The Morgan fingerprint density at radius 1 is 1.32 bits per heavy atom. The maximum absolute atomic E-state index is 5.73. The topological polar surface area (TPSA) is 61.1 Å². The average Bonchev–Trinajstić information content (AvgIpc) is 3.02. The molecule has 3 rings (SSSR count). The predicted molar refractivity (Wildman–Crippen MR) is 77.2 cm³/mol. The molecular formula is C13H17N5S. The monoisotopic (exact) mass is 275 g/mol. The summed E-state index contributed by atoms with van der Waals surface area (Å²) in [5, 5.41) is 6.64. The van der Waals surface area contributed by atoms with E-state index in [-0.39, 0.29) is 0 Å². The van der Waals surface area contributed by atoms with Crippen LogP contribution in [0, 0.1) is 20.8 Å². The van der Waals surface area contributed by atoms with E-state index < -0.39 is 0 Å². The maximum Gasteiger partial charge on any atom is 0.195 e. The molecular weight excluding hydrogens is 258 g/mol. The van der Waals surface area contributed by atoms with Gasteiger partial charge in [-0.3, -0.25) is 4.40 Å². The minimum atomic E-state index is 0.606. The molecule has 6 heteroatoms. The van der Waals surface area contributed by atoms with Crippen LogP contribution in [0.25, 0.3) is 10.8 Å². The Kier molecular flexibility index (Phi) is 2.91. The lowest BCUT2D eigenvalue weighted by atomic mass is 10.2. The van der Waals surface area contributed by atoms with Gasteiger partial charge in [0.05, 0.1) is 11.4 Å². The van der Waals surface area contributed by atoms with Gasteiger partial charge in [0.15, 0.2) is 10.8 Å². The van der Waals surface area contributed by atoms with Crippen LogP contribution in [0.3, 0.4) is 0 Å². The van der Waals surface area contributed by atoms with Crippen LogP contribution in [0.2, 0.25) is 0 Å². The molecule has 0 unspecified atom stereocenters. The smallest absolute Gasteiger partial charge is 0.195 e. The molecule has 3 heterocycles. The molecule has 0 saturated heterocycles. The fourth-order valence-corrected chi connectivity index (χ4v) is 3.01. The van der Waals surface area contributed by atoms with Gasteiger partial charge in [-0.2, -0.15) is 10.1 Å². The summed E-state index contributed by atoms with van der Waals surface area (Å²) in [7, 11) is 0. The minimum Gasteiger partial charge on any atom is -0.330 e. The molecule has 100 valence electrons. The molecule has 0 bridgehead atoms. The molecule has 0 aliphatic heterocycles. The van der Waals surface area contributed by atoms with E-state index in [1.165, 1.54) is 5.56 Å². The van der Waals surface area contributed by atoms with Crippen molar-refractivity contribution in [3.05, 3.63) is 34.2 Å². The number of imidazole rings is 1. The summed E-state index contributed by atoms with van der Waals surface area (Å²) < 4.78 is 4.05.